The van der Waals surface area contributed by atoms with Gasteiger partial charge in [-0.15, -0.1) is 0 Å². The SMILES string of the molecule is BrCCc1cccc2ccccc12.CCCCCCBr.CCCCCC[n+]1cn(CCc2cccc3ccccc23)c(Cl)c1Cl.CCCCCC[n+]1cn(CCc2cccc3ccccc23)c(Cl)c1Cl.CCCCCCn1cnc(Cl)c1Cl.Clc1nc[nH]c1Cl.[Br-].[Br-]. The first kappa shape index (κ1) is 83.4. The molecule has 6 aromatic carbocycles. The number of benzene rings is 6. The van der Waals surface area contributed by atoms with Gasteiger partial charge in [-0.25, -0.2) is 28.2 Å². The van der Waals surface area contributed by atoms with Gasteiger partial charge in [-0.3, -0.25) is 0 Å². The van der Waals surface area contributed by atoms with Crippen molar-refractivity contribution in [1.29, 1.82) is 0 Å². The molecule has 0 unspecified atom stereocenters. The van der Waals surface area contributed by atoms with Crippen LogP contribution in [0.5, 0.6) is 0 Å². The first-order valence-electron chi connectivity index (χ1n) is 31.9. The summed E-state index contributed by atoms with van der Waals surface area (Å²) in [4.78, 5) is 10.1. The fourth-order valence-corrected chi connectivity index (χ4v) is 12.5. The van der Waals surface area contributed by atoms with Gasteiger partial charge in [0.05, 0.1) is 38.8 Å². The zero-order chi connectivity index (χ0) is 64.9. The number of hydrogen-bond acceptors (Lipinski definition) is 2. The van der Waals surface area contributed by atoms with Crippen LogP contribution < -0.4 is 43.1 Å². The van der Waals surface area contributed by atoms with Crippen LogP contribution in [-0.2, 0) is 52.0 Å². The Morgan fingerprint density at radius 1 is 0.391 bits per heavy atom. The molecule has 0 bridgehead atoms. The van der Waals surface area contributed by atoms with Crippen LogP contribution in [-0.4, -0.2) is 39.3 Å². The average molecular weight is 1670 g/mol. The molecule has 10 aromatic rings. The van der Waals surface area contributed by atoms with Gasteiger partial charge in [-0.05, 0) is 140 Å². The van der Waals surface area contributed by atoms with Crippen LogP contribution in [0.2, 0.25) is 41.2 Å². The number of imidazole rings is 4. The van der Waals surface area contributed by atoms with Gasteiger partial charge in [0.15, 0.2) is 10.3 Å². The van der Waals surface area contributed by atoms with E-state index in [2.05, 4.69) is 233 Å². The van der Waals surface area contributed by atoms with Gasteiger partial charge >= 0.3 is 0 Å². The third-order valence-corrected chi connectivity index (χ3v) is 19.4. The van der Waals surface area contributed by atoms with Crippen molar-refractivity contribution in [2.24, 2.45) is 0 Å². The zero-order valence-electron chi connectivity index (χ0n) is 53.5. The molecule has 0 saturated heterocycles. The number of aryl methyl sites for hydroxylation is 8. The van der Waals surface area contributed by atoms with Crippen LogP contribution >= 0.6 is 125 Å². The molecule has 92 heavy (non-hydrogen) atoms. The summed E-state index contributed by atoms with van der Waals surface area (Å²) in [5.74, 6) is 0. The molecule has 0 aliphatic heterocycles. The standard InChI is InChI=1S/2C21H25Cl2N2.C12H11Br.C9H14Cl2N2.C6H13Br.C3H2Cl2N2.2BrH/c2*1-2-3-4-7-14-24-16-25(21(23)20(24)22)15-13-18-11-8-10-17-9-5-6-12-19(17)18;13-9-8-11-6-3-5-10-4-1-2-7-12(10)11;1-2-3-4-5-6-13-7-12-8(10)9(13)11;1-2-3-4-5-6-7;4-2-3(5)7-1-6-2;;/h2*5-6,8-12,16H,2-4,7,13-15H2,1H3;1-7H,8-9H2;7H,2-6H2,1H3;2-6H2,1H3;1H,(H,6,7);2*1H/q2*+1;;;;;;/p-2. The lowest BCUT2D eigenvalue weighted by Gasteiger charge is -2.05. The van der Waals surface area contributed by atoms with E-state index in [0.29, 0.717) is 41.2 Å². The third-order valence-electron chi connectivity index (χ3n) is 15.2. The van der Waals surface area contributed by atoms with E-state index in [0.717, 1.165) is 76.6 Å². The highest BCUT2D eigenvalue weighted by Gasteiger charge is 2.21. The highest BCUT2D eigenvalue weighted by Crippen LogP contribution is 2.26. The Morgan fingerprint density at radius 2 is 0.783 bits per heavy atom. The molecule has 1 N–H and O–H groups in total. The van der Waals surface area contributed by atoms with Gasteiger partial charge in [-0.1, -0.05) is 298 Å². The normalized spacial score (nSPS) is 10.6. The van der Waals surface area contributed by atoms with E-state index in [1.165, 1.54) is 144 Å². The maximum absolute atomic E-state index is 6.45. The quantitative estimate of drug-likeness (QED) is 0.0317. The van der Waals surface area contributed by atoms with E-state index < -0.39 is 0 Å². The van der Waals surface area contributed by atoms with Crippen molar-refractivity contribution in [2.75, 3.05) is 10.7 Å². The molecule has 0 aliphatic rings. The minimum atomic E-state index is 0. The lowest BCUT2D eigenvalue weighted by Crippen LogP contribution is -3.00. The minimum absolute atomic E-state index is 0. The Kier molecular flexibility index (Phi) is 44.3. The number of fused-ring (bicyclic) bond motifs is 3. The van der Waals surface area contributed by atoms with Crippen molar-refractivity contribution < 1.29 is 43.1 Å². The number of hydrogen-bond donors (Lipinski definition) is 1. The smallest absolute Gasteiger partial charge is 0.255 e. The Balaban J connectivity index is 0.000000306. The summed E-state index contributed by atoms with van der Waals surface area (Å²) in [7, 11) is 0. The first-order valence-corrected chi connectivity index (χ1v) is 37.2. The zero-order valence-corrected chi connectivity index (χ0v) is 65.9. The molecule has 4 heterocycles. The fraction of sp³-hybridized carbons (Fsp3) is 0.417. The van der Waals surface area contributed by atoms with Crippen LogP contribution in [0, 0.1) is 0 Å². The molecule has 8 nitrogen and oxygen atoms in total. The summed E-state index contributed by atoms with van der Waals surface area (Å²) in [6, 6.07) is 45.0. The largest absolute Gasteiger partial charge is 1.00 e. The number of halogens is 12. The summed E-state index contributed by atoms with van der Waals surface area (Å²) >= 11 is 54.9. The average Bonchev–Trinajstić information content (AvgIpc) is 1.76. The van der Waals surface area contributed by atoms with Crippen molar-refractivity contribution in [3.8, 4) is 0 Å². The Labute approximate surface area is 626 Å². The van der Waals surface area contributed by atoms with Crippen LogP contribution in [0.3, 0.4) is 0 Å². The number of alkyl halides is 2. The van der Waals surface area contributed by atoms with Crippen molar-refractivity contribution in [2.45, 2.75) is 182 Å². The van der Waals surface area contributed by atoms with E-state index in [9.17, 15) is 0 Å². The van der Waals surface area contributed by atoms with E-state index in [1.807, 2.05) is 4.57 Å². The Hall–Kier alpha value is -2.82. The van der Waals surface area contributed by atoms with Crippen molar-refractivity contribution in [3.05, 3.63) is 211 Å². The van der Waals surface area contributed by atoms with Crippen molar-refractivity contribution in [3.63, 3.8) is 0 Å². The minimum Gasteiger partial charge on any atom is -1.00 e. The number of aromatic amines is 1. The molecular formula is C72H90Br4Cl8N8. The molecule has 0 saturated carbocycles. The van der Waals surface area contributed by atoms with Gasteiger partial charge in [0.25, 0.3) is 20.6 Å². The summed E-state index contributed by atoms with van der Waals surface area (Å²) in [5.41, 5.74) is 4.11. The number of unbranched alkanes of at least 4 members (excludes halogenated alkanes) is 12. The van der Waals surface area contributed by atoms with Crippen LogP contribution in [0.15, 0.2) is 153 Å². The molecule has 4 aromatic heterocycles. The molecule has 0 aliphatic carbocycles. The molecule has 10 rings (SSSR count). The molecule has 0 amide bonds. The van der Waals surface area contributed by atoms with Crippen LogP contribution in [0.4, 0.5) is 0 Å². The number of H-pyrrole nitrogens is 1. The molecule has 0 fully saturated rings. The maximum Gasteiger partial charge on any atom is 0.255 e. The van der Waals surface area contributed by atoms with E-state index in [4.69, 9.17) is 92.8 Å². The van der Waals surface area contributed by atoms with Crippen molar-refractivity contribution >= 4 is 157 Å². The highest BCUT2D eigenvalue weighted by atomic mass is 79.9. The molecule has 0 atom stereocenters. The molecule has 0 spiro atoms. The number of rotatable bonds is 27. The summed E-state index contributed by atoms with van der Waals surface area (Å²) in [6.07, 6.45) is 30.4. The van der Waals surface area contributed by atoms with Gasteiger partial charge in [0, 0.05) is 30.0 Å². The van der Waals surface area contributed by atoms with Crippen LogP contribution in [0.1, 0.15) is 147 Å². The summed E-state index contributed by atoms with van der Waals surface area (Å²) in [5, 5.41) is 14.3. The summed E-state index contributed by atoms with van der Waals surface area (Å²) < 4.78 is 10.2. The van der Waals surface area contributed by atoms with Crippen molar-refractivity contribution in [1.82, 2.24) is 28.7 Å². The molecular weight excluding hydrogens is 1580 g/mol. The van der Waals surface area contributed by atoms with Gasteiger partial charge in [0.2, 0.25) is 12.7 Å². The third kappa shape index (κ3) is 28.7. The van der Waals surface area contributed by atoms with Gasteiger partial charge < -0.3 is 43.5 Å². The van der Waals surface area contributed by atoms with Gasteiger partial charge in [0.1, 0.15) is 10.3 Å². The molecule has 502 valence electrons. The number of nitrogens with one attached hydrogen (secondary N) is 1. The topological polar surface area (TPSA) is 64.1 Å². The predicted octanol–water partition coefficient (Wildman–Crippen LogP) is 18.4. The van der Waals surface area contributed by atoms with E-state index in [-0.39, 0.29) is 34.0 Å². The van der Waals surface area contributed by atoms with Crippen LogP contribution in [0.25, 0.3) is 32.3 Å². The number of nitrogens with zero attached hydrogens (tertiary/aromatic N) is 7. The monoisotopic (exact) mass is 1660 g/mol. The highest BCUT2D eigenvalue weighted by molar-refractivity contribution is 9.09. The molecule has 20 heteroatoms. The fourth-order valence-electron chi connectivity index (χ4n) is 10.2. The van der Waals surface area contributed by atoms with Gasteiger partial charge in [-0.2, -0.15) is 0 Å². The summed E-state index contributed by atoms with van der Waals surface area (Å²) in [6.45, 7) is 13.3. The Morgan fingerprint density at radius 3 is 1.13 bits per heavy atom. The van der Waals surface area contributed by atoms with E-state index >= 15 is 0 Å². The first-order chi connectivity index (χ1) is 43.8. The number of aromatic nitrogens is 8. The lowest BCUT2D eigenvalue weighted by atomic mass is 10.0. The second-order valence-corrected chi connectivity index (χ2v) is 26.5. The lowest BCUT2D eigenvalue weighted by molar-refractivity contribution is -0.694. The van der Waals surface area contributed by atoms with E-state index in [1.54, 1.807) is 6.33 Å². The second kappa shape index (κ2) is 48.8. The Bertz CT molecular complexity index is 3430. The second-order valence-electron chi connectivity index (χ2n) is 22.0. The predicted molar refractivity (Wildman–Crippen MR) is 397 cm³/mol. The maximum atomic E-state index is 6.45. The molecule has 0 radical (unpaired) electrons.